The van der Waals surface area contributed by atoms with Gasteiger partial charge in [0.1, 0.15) is 19.3 Å². The molecule has 0 aliphatic rings. The first-order chi connectivity index (χ1) is 52.5. The van der Waals surface area contributed by atoms with E-state index in [9.17, 15) is 43.2 Å². The van der Waals surface area contributed by atoms with E-state index < -0.39 is 97.5 Å². The lowest BCUT2D eigenvalue weighted by molar-refractivity contribution is -0.161. The van der Waals surface area contributed by atoms with E-state index in [2.05, 4.69) is 34.6 Å². The third-order valence-electron chi connectivity index (χ3n) is 21.0. The average Bonchev–Trinajstić information content (AvgIpc) is 0.917. The lowest BCUT2D eigenvalue weighted by Crippen LogP contribution is -2.30. The summed E-state index contributed by atoms with van der Waals surface area (Å²) < 4.78 is 69.0. The molecule has 0 aromatic rings. The summed E-state index contributed by atoms with van der Waals surface area (Å²) in [5, 5.41) is 10.7. The number of rotatable bonds is 89. The lowest BCUT2D eigenvalue weighted by atomic mass is 10.0. The predicted octanol–water partition coefficient (Wildman–Crippen LogP) is 27.5. The molecule has 0 spiro atoms. The van der Waals surface area contributed by atoms with Crippen molar-refractivity contribution in [2.45, 2.75) is 502 Å². The van der Waals surface area contributed by atoms with E-state index in [1.54, 1.807) is 0 Å². The van der Waals surface area contributed by atoms with Crippen LogP contribution in [0.4, 0.5) is 0 Å². The molecule has 5 atom stereocenters. The Morgan fingerprint density at radius 1 is 0.250 bits per heavy atom. The fourth-order valence-electron chi connectivity index (χ4n) is 14.0. The summed E-state index contributed by atoms with van der Waals surface area (Å²) in [6, 6.07) is 0. The molecule has 0 fully saturated rings. The van der Waals surface area contributed by atoms with Gasteiger partial charge < -0.3 is 33.8 Å². The molecule has 0 aliphatic carbocycles. The van der Waals surface area contributed by atoms with Crippen LogP contribution in [-0.4, -0.2) is 96.7 Å². The maximum Gasteiger partial charge on any atom is 0.472 e. The average molecular weight is 1580 g/mol. The number of carbonyl (C=O) groups is 4. The van der Waals surface area contributed by atoms with Gasteiger partial charge in [0, 0.05) is 25.7 Å². The molecule has 0 saturated heterocycles. The quantitative estimate of drug-likeness (QED) is 0.0222. The fraction of sp³-hybridized carbons (Fsp3) is 0.955. The normalized spacial score (nSPS) is 13.7. The van der Waals surface area contributed by atoms with Gasteiger partial charge in [-0.05, 0) is 31.6 Å². The Morgan fingerprint density at radius 3 is 0.630 bits per heavy atom. The maximum atomic E-state index is 13.2. The molecule has 0 heterocycles. The second-order valence-electron chi connectivity index (χ2n) is 32.5. The van der Waals surface area contributed by atoms with Gasteiger partial charge in [0.05, 0.1) is 26.4 Å². The highest BCUT2D eigenvalue weighted by Crippen LogP contribution is 2.45. The molecule has 2 unspecified atom stereocenters. The van der Waals surface area contributed by atoms with Crippen molar-refractivity contribution in [1.82, 2.24) is 0 Å². The molecule has 0 radical (unpaired) electrons. The van der Waals surface area contributed by atoms with Gasteiger partial charge in [-0.1, -0.05) is 433 Å². The van der Waals surface area contributed by atoms with Crippen molar-refractivity contribution < 1.29 is 80.2 Å². The molecule has 0 rings (SSSR count). The Bertz CT molecular complexity index is 2050. The highest BCUT2D eigenvalue weighted by atomic mass is 31.2. The van der Waals surface area contributed by atoms with Crippen LogP contribution in [0.1, 0.15) is 484 Å². The van der Waals surface area contributed by atoms with Crippen LogP contribution in [0.15, 0.2) is 0 Å². The van der Waals surface area contributed by atoms with Crippen LogP contribution >= 0.6 is 15.6 Å². The zero-order valence-corrected chi connectivity index (χ0v) is 72.8. The Morgan fingerprint density at radius 2 is 0.426 bits per heavy atom. The van der Waals surface area contributed by atoms with Gasteiger partial charge in [0.15, 0.2) is 12.2 Å². The minimum atomic E-state index is -4.97. The number of esters is 4. The Balaban J connectivity index is 5.20. The van der Waals surface area contributed by atoms with Crippen LogP contribution in [0.25, 0.3) is 0 Å². The number of aliphatic hydroxyl groups is 1. The van der Waals surface area contributed by atoms with Crippen molar-refractivity contribution in [3.63, 3.8) is 0 Å². The Labute approximate surface area is 664 Å². The Hall–Kier alpha value is -1.94. The summed E-state index contributed by atoms with van der Waals surface area (Å²) >= 11 is 0. The zero-order chi connectivity index (χ0) is 79.0. The van der Waals surface area contributed by atoms with Crippen molar-refractivity contribution in [1.29, 1.82) is 0 Å². The van der Waals surface area contributed by atoms with Crippen LogP contribution in [0.2, 0.25) is 0 Å². The zero-order valence-electron chi connectivity index (χ0n) is 71.0. The van der Waals surface area contributed by atoms with Gasteiger partial charge in [0.25, 0.3) is 0 Å². The van der Waals surface area contributed by atoms with E-state index in [0.717, 1.165) is 95.8 Å². The predicted molar refractivity (Wildman–Crippen MR) is 446 cm³/mol. The molecule has 642 valence electrons. The van der Waals surface area contributed by atoms with E-state index in [-0.39, 0.29) is 25.7 Å². The molecule has 108 heavy (non-hydrogen) atoms. The van der Waals surface area contributed by atoms with Crippen molar-refractivity contribution >= 4 is 39.5 Å². The minimum absolute atomic E-state index is 0.108. The first kappa shape index (κ1) is 106. The first-order valence-corrected chi connectivity index (χ1v) is 49.1. The summed E-state index contributed by atoms with van der Waals surface area (Å²) in [6.45, 7) is 7.37. The van der Waals surface area contributed by atoms with E-state index in [0.29, 0.717) is 25.7 Å². The largest absolute Gasteiger partial charge is 0.472 e. The minimum Gasteiger partial charge on any atom is -0.462 e. The molecular formula is C89H174O17P2. The maximum absolute atomic E-state index is 13.2. The highest BCUT2D eigenvalue weighted by molar-refractivity contribution is 7.47. The van der Waals surface area contributed by atoms with Gasteiger partial charge in [-0.15, -0.1) is 0 Å². The van der Waals surface area contributed by atoms with Crippen LogP contribution in [0, 0.1) is 5.92 Å². The number of hydrogen-bond acceptors (Lipinski definition) is 15. The van der Waals surface area contributed by atoms with Crippen molar-refractivity contribution in [3.8, 4) is 0 Å². The van der Waals surface area contributed by atoms with Crippen LogP contribution in [0.3, 0.4) is 0 Å². The van der Waals surface area contributed by atoms with Crippen LogP contribution < -0.4 is 0 Å². The summed E-state index contributed by atoms with van der Waals surface area (Å²) in [5.74, 6) is -1.32. The number of ether oxygens (including phenoxy) is 4. The second kappa shape index (κ2) is 81.6. The van der Waals surface area contributed by atoms with E-state index in [1.807, 2.05) is 0 Å². The third kappa shape index (κ3) is 82.1. The molecule has 0 bridgehead atoms. The molecule has 0 aromatic carbocycles. The molecule has 0 amide bonds. The van der Waals surface area contributed by atoms with E-state index in [1.165, 1.54) is 308 Å². The van der Waals surface area contributed by atoms with Gasteiger partial charge in [0.2, 0.25) is 0 Å². The molecule has 0 aliphatic heterocycles. The van der Waals surface area contributed by atoms with E-state index in [4.69, 9.17) is 37.0 Å². The summed E-state index contributed by atoms with van der Waals surface area (Å²) in [5.41, 5.74) is 0. The smallest absolute Gasteiger partial charge is 0.462 e. The number of unbranched alkanes of at least 4 members (excludes halogenated alkanes) is 61. The van der Waals surface area contributed by atoms with Gasteiger partial charge in [-0.3, -0.25) is 37.3 Å². The second-order valence-corrected chi connectivity index (χ2v) is 35.4. The molecule has 3 N–H and O–H groups in total. The molecule has 0 saturated carbocycles. The van der Waals surface area contributed by atoms with Gasteiger partial charge in [-0.2, -0.15) is 0 Å². The standard InChI is InChI=1S/C89H174O17P2/c1-6-9-12-15-18-21-24-26-28-30-32-34-36-38-40-42-44-49-54-59-64-69-74-88(93)106-85(79-100-87(92)73-68-63-58-53-48-43-41-39-37-35-33-31-29-27-25-22-19-16-13-10-7-2)81-104-108(97,98)102-77-83(90)76-101-107(95,96)103-80-84(78-99-86(91)72-67-62-57-52-23-20-17-14-11-8-3)105-89(94)75-70-65-60-55-50-46-45-47-51-56-61-66-71-82(4)5/h82-85,90H,6-81H2,1-5H3,(H,95,96)(H,97,98)/t83-,84+,85+/m0/s1. The number of aliphatic hydroxyl groups excluding tert-OH is 1. The summed E-state index contributed by atoms with van der Waals surface area (Å²) in [7, 11) is -9.93. The number of phosphoric acid groups is 2. The number of hydrogen-bond donors (Lipinski definition) is 3. The molecule has 17 nitrogen and oxygen atoms in total. The van der Waals surface area contributed by atoms with Crippen LogP contribution in [-0.2, 0) is 65.4 Å². The highest BCUT2D eigenvalue weighted by Gasteiger charge is 2.30. The summed E-state index contributed by atoms with van der Waals surface area (Å²) in [6.07, 6.45) is 76.6. The topological polar surface area (TPSA) is 237 Å². The van der Waals surface area contributed by atoms with Crippen molar-refractivity contribution in [3.05, 3.63) is 0 Å². The third-order valence-corrected chi connectivity index (χ3v) is 22.9. The van der Waals surface area contributed by atoms with Crippen LogP contribution in [0.5, 0.6) is 0 Å². The Kier molecular flexibility index (Phi) is 80.2. The van der Waals surface area contributed by atoms with Crippen molar-refractivity contribution in [2.24, 2.45) is 5.92 Å². The number of phosphoric ester groups is 2. The molecule has 0 aromatic heterocycles. The van der Waals surface area contributed by atoms with Gasteiger partial charge >= 0.3 is 39.5 Å². The first-order valence-electron chi connectivity index (χ1n) is 46.1. The molecule has 19 heteroatoms. The van der Waals surface area contributed by atoms with E-state index >= 15 is 0 Å². The van der Waals surface area contributed by atoms with Crippen molar-refractivity contribution in [2.75, 3.05) is 39.6 Å². The molecular weight excluding hydrogens is 1400 g/mol. The lowest BCUT2D eigenvalue weighted by Gasteiger charge is -2.21. The summed E-state index contributed by atoms with van der Waals surface area (Å²) in [4.78, 5) is 73.3. The number of carbonyl (C=O) groups excluding carboxylic acids is 4. The SMILES string of the molecule is CCCCCCCCCCCCCCCCCCCCCCCCC(=O)O[C@H](COC(=O)CCCCCCCCCCCCCCCCCCCCCCC)COP(=O)(O)OC[C@@H](O)COP(=O)(O)OC[C@@H](COC(=O)CCCCCCCCCCCC)OC(=O)CCCCCCCCCCCCCCC(C)C. The van der Waals surface area contributed by atoms with Gasteiger partial charge in [-0.25, -0.2) is 9.13 Å². The fourth-order valence-corrected chi connectivity index (χ4v) is 15.6. The monoisotopic (exact) mass is 1580 g/mol.